The van der Waals surface area contributed by atoms with E-state index in [4.69, 9.17) is 9.47 Å². The van der Waals surface area contributed by atoms with Crippen LogP contribution in [0.4, 0.5) is 4.79 Å². The van der Waals surface area contributed by atoms with Crippen LogP contribution in [0, 0.1) is 6.92 Å². The highest BCUT2D eigenvalue weighted by atomic mass is 32.2. The van der Waals surface area contributed by atoms with Crippen molar-refractivity contribution in [3.8, 4) is 0 Å². The van der Waals surface area contributed by atoms with Crippen LogP contribution in [-0.2, 0) is 14.3 Å². The molecule has 0 saturated carbocycles. The number of amides is 1. The Morgan fingerprint density at radius 1 is 1.25 bits per heavy atom. The summed E-state index contributed by atoms with van der Waals surface area (Å²) in [4.78, 5) is 25.7. The SMILES string of the molecule is CC(=O)O[C@@H](c1ccc(C)cc1)[C@H]1SCCN1C(=O)OC(C)(C)C. The van der Waals surface area contributed by atoms with Gasteiger partial charge in [-0.2, -0.15) is 0 Å². The second kappa shape index (κ2) is 7.47. The van der Waals surface area contributed by atoms with Gasteiger partial charge in [-0.25, -0.2) is 4.79 Å². The summed E-state index contributed by atoms with van der Waals surface area (Å²) >= 11 is 1.60. The molecule has 1 heterocycles. The van der Waals surface area contributed by atoms with Crippen LogP contribution in [0.1, 0.15) is 44.9 Å². The molecule has 2 rings (SSSR count). The minimum atomic E-state index is -0.560. The number of rotatable bonds is 3. The van der Waals surface area contributed by atoms with Gasteiger partial charge in [-0.1, -0.05) is 29.8 Å². The van der Waals surface area contributed by atoms with Crippen molar-refractivity contribution in [2.45, 2.75) is 51.7 Å². The lowest BCUT2D eigenvalue weighted by Gasteiger charge is -2.32. The van der Waals surface area contributed by atoms with Gasteiger partial charge in [-0.05, 0) is 33.3 Å². The lowest BCUT2D eigenvalue weighted by Crippen LogP contribution is -2.42. The Morgan fingerprint density at radius 2 is 1.88 bits per heavy atom. The number of carbonyl (C=O) groups excluding carboxylic acids is 2. The summed E-state index contributed by atoms with van der Waals surface area (Å²) < 4.78 is 11.1. The highest BCUT2D eigenvalue weighted by Crippen LogP contribution is 2.37. The van der Waals surface area contributed by atoms with Crippen molar-refractivity contribution in [2.75, 3.05) is 12.3 Å². The molecular formula is C18H25NO4S. The van der Waals surface area contributed by atoms with Gasteiger partial charge >= 0.3 is 12.1 Å². The first-order valence-electron chi connectivity index (χ1n) is 8.02. The van der Waals surface area contributed by atoms with Gasteiger partial charge in [0, 0.05) is 19.2 Å². The number of hydrogen-bond acceptors (Lipinski definition) is 5. The second-order valence-electron chi connectivity index (χ2n) is 6.88. The molecule has 1 fully saturated rings. The van der Waals surface area contributed by atoms with Crippen LogP contribution in [0.2, 0.25) is 0 Å². The zero-order valence-electron chi connectivity index (χ0n) is 14.9. The van der Waals surface area contributed by atoms with Crippen LogP contribution in [0.25, 0.3) is 0 Å². The van der Waals surface area contributed by atoms with Crippen LogP contribution in [0.3, 0.4) is 0 Å². The van der Waals surface area contributed by atoms with Crippen molar-refractivity contribution in [3.05, 3.63) is 35.4 Å². The van der Waals surface area contributed by atoms with Crippen LogP contribution >= 0.6 is 11.8 Å². The molecular weight excluding hydrogens is 326 g/mol. The van der Waals surface area contributed by atoms with Gasteiger partial charge in [-0.15, -0.1) is 11.8 Å². The van der Waals surface area contributed by atoms with E-state index >= 15 is 0 Å². The van der Waals surface area contributed by atoms with Gasteiger partial charge in [-0.3, -0.25) is 9.69 Å². The molecule has 1 aliphatic rings. The summed E-state index contributed by atoms with van der Waals surface area (Å²) in [7, 11) is 0. The molecule has 0 spiro atoms. The second-order valence-corrected chi connectivity index (χ2v) is 8.10. The Hall–Kier alpha value is -1.69. The Kier molecular flexibility index (Phi) is 5.80. The highest BCUT2D eigenvalue weighted by Gasteiger charge is 2.40. The minimum absolute atomic E-state index is 0.286. The van der Waals surface area contributed by atoms with Crippen molar-refractivity contribution in [1.82, 2.24) is 4.90 Å². The van der Waals surface area contributed by atoms with Gasteiger partial charge in [0.2, 0.25) is 0 Å². The Bertz CT molecular complexity index is 594. The monoisotopic (exact) mass is 351 g/mol. The molecule has 5 nitrogen and oxygen atoms in total. The predicted molar refractivity (Wildman–Crippen MR) is 94.9 cm³/mol. The third-order valence-corrected chi connectivity index (χ3v) is 4.78. The molecule has 1 aromatic carbocycles. The van der Waals surface area contributed by atoms with Crippen LogP contribution in [-0.4, -0.2) is 40.2 Å². The van der Waals surface area contributed by atoms with Crippen LogP contribution < -0.4 is 0 Å². The normalized spacial score (nSPS) is 19.0. The zero-order valence-corrected chi connectivity index (χ0v) is 15.7. The van der Waals surface area contributed by atoms with Gasteiger partial charge in [0.25, 0.3) is 0 Å². The number of benzene rings is 1. The van der Waals surface area contributed by atoms with E-state index in [2.05, 4.69) is 0 Å². The van der Waals surface area contributed by atoms with E-state index in [1.807, 2.05) is 52.0 Å². The molecule has 0 unspecified atom stereocenters. The molecule has 1 amide bonds. The van der Waals surface area contributed by atoms with E-state index in [1.54, 1.807) is 16.7 Å². The average molecular weight is 351 g/mol. The summed E-state index contributed by atoms with van der Waals surface area (Å²) in [5, 5.41) is -0.286. The van der Waals surface area contributed by atoms with Crippen LogP contribution in [0.5, 0.6) is 0 Å². The quantitative estimate of drug-likeness (QED) is 0.773. The third kappa shape index (κ3) is 4.90. The lowest BCUT2D eigenvalue weighted by atomic mass is 10.1. The highest BCUT2D eigenvalue weighted by molar-refractivity contribution is 8.00. The maximum absolute atomic E-state index is 12.5. The molecule has 1 aromatic rings. The van der Waals surface area contributed by atoms with Gasteiger partial charge in [0.15, 0.2) is 6.10 Å². The Morgan fingerprint density at radius 3 is 2.42 bits per heavy atom. The fourth-order valence-electron chi connectivity index (χ4n) is 2.48. The Balaban J connectivity index is 2.25. The van der Waals surface area contributed by atoms with Gasteiger partial charge in [0.1, 0.15) is 11.0 Å². The molecule has 1 saturated heterocycles. The zero-order chi connectivity index (χ0) is 17.9. The maximum Gasteiger partial charge on any atom is 0.411 e. The number of nitrogens with zero attached hydrogens (tertiary/aromatic N) is 1. The topological polar surface area (TPSA) is 55.8 Å². The molecule has 6 heteroatoms. The lowest BCUT2D eigenvalue weighted by molar-refractivity contribution is -0.148. The summed E-state index contributed by atoms with van der Waals surface area (Å²) in [5.74, 6) is 0.422. The molecule has 0 N–H and O–H groups in total. The summed E-state index contributed by atoms with van der Waals surface area (Å²) in [6.07, 6.45) is -0.884. The van der Waals surface area contributed by atoms with E-state index in [9.17, 15) is 9.59 Å². The minimum Gasteiger partial charge on any atom is -0.455 e. The first-order valence-corrected chi connectivity index (χ1v) is 9.07. The largest absolute Gasteiger partial charge is 0.455 e. The third-order valence-electron chi connectivity index (χ3n) is 3.51. The molecule has 132 valence electrons. The number of hydrogen-bond donors (Lipinski definition) is 0. The Labute approximate surface area is 147 Å². The molecule has 0 radical (unpaired) electrons. The fourth-order valence-corrected chi connectivity index (χ4v) is 3.78. The van der Waals surface area contributed by atoms with Crippen molar-refractivity contribution >= 4 is 23.8 Å². The molecule has 0 aromatic heterocycles. The first kappa shape index (κ1) is 18.6. The number of carbonyl (C=O) groups is 2. The van der Waals surface area contributed by atoms with E-state index in [0.29, 0.717) is 6.54 Å². The van der Waals surface area contributed by atoms with Crippen LogP contribution in [0.15, 0.2) is 24.3 Å². The van der Waals surface area contributed by atoms with E-state index in [-0.39, 0.29) is 17.4 Å². The molecule has 0 bridgehead atoms. The summed E-state index contributed by atoms with van der Waals surface area (Å²) in [6, 6.07) is 7.83. The van der Waals surface area contributed by atoms with Crippen molar-refractivity contribution in [3.63, 3.8) is 0 Å². The first-order chi connectivity index (χ1) is 11.2. The fraction of sp³-hybridized carbons (Fsp3) is 0.556. The molecule has 0 aliphatic carbocycles. The summed E-state index contributed by atoms with van der Waals surface area (Å²) in [5.41, 5.74) is 1.45. The van der Waals surface area contributed by atoms with Crippen molar-refractivity contribution in [1.29, 1.82) is 0 Å². The standard InChI is InChI=1S/C18H25NO4S/c1-12-6-8-14(9-7-12)15(22-13(2)20)16-19(10-11-24-16)17(21)23-18(3,4)5/h6-9,15-16H,10-11H2,1-5H3/t15-,16+/m0/s1. The van der Waals surface area contributed by atoms with Gasteiger partial charge in [0.05, 0.1) is 0 Å². The van der Waals surface area contributed by atoms with E-state index in [1.165, 1.54) is 6.92 Å². The van der Waals surface area contributed by atoms with E-state index < -0.39 is 11.7 Å². The number of ether oxygens (including phenoxy) is 2. The van der Waals surface area contributed by atoms with Gasteiger partial charge < -0.3 is 9.47 Å². The predicted octanol–water partition coefficient (Wildman–Crippen LogP) is 3.91. The van der Waals surface area contributed by atoms with Crippen molar-refractivity contribution in [2.24, 2.45) is 0 Å². The summed E-state index contributed by atoms with van der Waals surface area (Å²) in [6.45, 7) is 9.49. The van der Waals surface area contributed by atoms with E-state index in [0.717, 1.165) is 16.9 Å². The maximum atomic E-state index is 12.5. The number of esters is 1. The smallest absolute Gasteiger partial charge is 0.411 e. The molecule has 2 atom stereocenters. The number of thioether (sulfide) groups is 1. The van der Waals surface area contributed by atoms with Crippen molar-refractivity contribution < 1.29 is 19.1 Å². The molecule has 24 heavy (non-hydrogen) atoms. The molecule has 1 aliphatic heterocycles. The number of aryl methyl sites for hydroxylation is 1. The average Bonchev–Trinajstić information content (AvgIpc) is 2.93.